The first-order valence-corrected chi connectivity index (χ1v) is 6.93. The summed E-state index contributed by atoms with van der Waals surface area (Å²) in [5.41, 5.74) is 0. The van der Waals surface area contributed by atoms with Crippen LogP contribution in [0.5, 0.6) is 0 Å². The van der Waals surface area contributed by atoms with Gasteiger partial charge in [0.05, 0.1) is 11.9 Å². The predicted molar refractivity (Wildman–Crippen MR) is 61.8 cm³/mol. The summed E-state index contributed by atoms with van der Waals surface area (Å²) in [6.07, 6.45) is -0.454. The minimum atomic E-state index is -2.90. The minimum absolute atomic E-state index is 0.137. The quantitative estimate of drug-likeness (QED) is 0.527. The molecule has 0 amide bonds. The summed E-state index contributed by atoms with van der Waals surface area (Å²) in [5.74, 6) is 0.313. The summed E-state index contributed by atoms with van der Waals surface area (Å²) in [4.78, 5) is 1.88. The van der Waals surface area contributed by atoms with Gasteiger partial charge in [-0.15, -0.1) is 0 Å². The van der Waals surface area contributed by atoms with Crippen LogP contribution in [0.2, 0.25) is 0 Å². The highest BCUT2D eigenvalue weighted by molar-refractivity contribution is 7.91. The maximum atomic E-state index is 11.1. The number of rotatable bonds is 8. The Morgan fingerprint density at radius 2 is 2.00 bits per heavy atom. The molecule has 0 saturated carbocycles. The fourth-order valence-corrected chi connectivity index (χ4v) is 1.87. The van der Waals surface area contributed by atoms with Crippen molar-refractivity contribution in [2.45, 2.75) is 13.0 Å². The summed E-state index contributed by atoms with van der Waals surface area (Å²) in [5, 5.41) is 12.4. The van der Waals surface area contributed by atoms with Gasteiger partial charge in [0.15, 0.2) is 9.84 Å². The maximum Gasteiger partial charge on any atom is 0.151 e. The third-order valence-electron chi connectivity index (χ3n) is 1.99. The number of nitrogens with one attached hydrogen (secondary N) is 1. The average Bonchev–Trinajstić information content (AvgIpc) is 2.11. The topological polar surface area (TPSA) is 69.6 Å². The van der Waals surface area contributed by atoms with Crippen molar-refractivity contribution in [3.05, 3.63) is 0 Å². The third kappa shape index (κ3) is 8.80. The lowest BCUT2D eigenvalue weighted by Crippen LogP contribution is -2.36. The van der Waals surface area contributed by atoms with Crippen LogP contribution in [0.1, 0.15) is 6.92 Å². The van der Waals surface area contributed by atoms with Gasteiger partial charge in [-0.3, -0.25) is 0 Å². The number of likely N-dealkylation sites (N-methyl/N-ethyl adjacent to an activating group) is 1. The number of hydrogen-bond donors (Lipinski definition) is 2. The molecule has 0 aliphatic heterocycles. The first-order chi connectivity index (χ1) is 6.87. The Morgan fingerprint density at radius 3 is 2.47 bits per heavy atom. The Labute approximate surface area is 92.4 Å². The highest BCUT2D eigenvalue weighted by atomic mass is 32.2. The van der Waals surface area contributed by atoms with E-state index in [1.807, 2.05) is 19.0 Å². The molecule has 92 valence electrons. The first kappa shape index (κ1) is 14.8. The van der Waals surface area contributed by atoms with Gasteiger partial charge in [-0.2, -0.15) is 0 Å². The molecule has 0 aromatic carbocycles. The van der Waals surface area contributed by atoms with Gasteiger partial charge in [-0.25, -0.2) is 8.42 Å². The lowest BCUT2D eigenvalue weighted by Gasteiger charge is -2.16. The van der Waals surface area contributed by atoms with E-state index < -0.39 is 15.9 Å². The second kappa shape index (κ2) is 7.16. The zero-order valence-corrected chi connectivity index (χ0v) is 10.5. The van der Waals surface area contributed by atoms with Crippen molar-refractivity contribution in [1.29, 1.82) is 0 Å². The van der Waals surface area contributed by atoms with Crippen LogP contribution < -0.4 is 5.32 Å². The van der Waals surface area contributed by atoms with Crippen molar-refractivity contribution in [3.63, 3.8) is 0 Å². The van der Waals surface area contributed by atoms with E-state index in [0.717, 1.165) is 0 Å². The van der Waals surface area contributed by atoms with Gasteiger partial charge >= 0.3 is 0 Å². The first-order valence-electron chi connectivity index (χ1n) is 5.11. The Kier molecular flexibility index (Phi) is 7.08. The van der Waals surface area contributed by atoms with Crippen LogP contribution in [0.15, 0.2) is 0 Å². The van der Waals surface area contributed by atoms with Gasteiger partial charge in [-0.1, -0.05) is 6.92 Å². The molecule has 0 spiro atoms. The summed E-state index contributed by atoms with van der Waals surface area (Å²) in [7, 11) is 0.864. The number of hydrogen-bond acceptors (Lipinski definition) is 5. The zero-order valence-electron chi connectivity index (χ0n) is 9.73. The molecule has 0 aromatic rings. The highest BCUT2D eigenvalue weighted by Gasteiger charge is 2.08. The Bertz CT molecular complexity index is 252. The van der Waals surface area contributed by atoms with Crippen LogP contribution in [0.4, 0.5) is 0 Å². The largest absolute Gasteiger partial charge is 0.390 e. The zero-order chi connectivity index (χ0) is 11.9. The van der Waals surface area contributed by atoms with E-state index in [1.165, 1.54) is 0 Å². The van der Waals surface area contributed by atoms with Gasteiger partial charge in [0.25, 0.3) is 0 Å². The minimum Gasteiger partial charge on any atom is -0.390 e. The van der Waals surface area contributed by atoms with E-state index in [-0.39, 0.29) is 11.5 Å². The van der Waals surface area contributed by atoms with Crippen molar-refractivity contribution in [1.82, 2.24) is 10.2 Å². The summed E-state index contributed by atoms with van der Waals surface area (Å²) >= 11 is 0. The van der Waals surface area contributed by atoms with E-state index in [2.05, 4.69) is 5.32 Å². The van der Waals surface area contributed by atoms with Gasteiger partial charge in [0, 0.05) is 25.4 Å². The molecule has 2 N–H and O–H groups in total. The molecule has 0 rings (SSSR count). The van der Waals surface area contributed by atoms with E-state index in [9.17, 15) is 13.5 Å². The van der Waals surface area contributed by atoms with Crippen LogP contribution in [0, 0.1) is 0 Å². The molecule has 0 bridgehead atoms. The summed E-state index contributed by atoms with van der Waals surface area (Å²) in [6.45, 7) is 3.04. The number of nitrogens with zero attached hydrogens (tertiary/aromatic N) is 1. The molecule has 0 aliphatic rings. The molecule has 0 radical (unpaired) electrons. The molecular weight excluding hydrogens is 216 g/mol. The molecule has 5 nitrogen and oxygen atoms in total. The van der Waals surface area contributed by atoms with Gasteiger partial charge < -0.3 is 15.3 Å². The molecule has 1 unspecified atom stereocenters. The molecule has 0 fully saturated rings. The molecule has 15 heavy (non-hydrogen) atoms. The van der Waals surface area contributed by atoms with Crippen LogP contribution in [-0.2, 0) is 9.84 Å². The van der Waals surface area contributed by atoms with E-state index in [1.54, 1.807) is 6.92 Å². The van der Waals surface area contributed by atoms with Crippen LogP contribution in [-0.4, -0.2) is 69.8 Å². The van der Waals surface area contributed by atoms with Crippen molar-refractivity contribution in [2.75, 3.05) is 45.2 Å². The average molecular weight is 238 g/mol. The SMILES string of the molecule is CCS(=O)(=O)CCNCC(O)CN(C)C. The van der Waals surface area contributed by atoms with Crippen molar-refractivity contribution < 1.29 is 13.5 Å². The standard InChI is InChI=1S/C9H22N2O3S/c1-4-15(13,14)6-5-10-7-9(12)8-11(2)3/h9-10,12H,4-8H2,1-3H3. The van der Waals surface area contributed by atoms with Gasteiger partial charge in [-0.05, 0) is 14.1 Å². The highest BCUT2D eigenvalue weighted by Crippen LogP contribution is 1.88. The molecule has 0 aliphatic carbocycles. The fraction of sp³-hybridized carbons (Fsp3) is 1.00. The van der Waals surface area contributed by atoms with Crippen molar-refractivity contribution in [3.8, 4) is 0 Å². The molecule has 0 aromatic heterocycles. The summed E-state index contributed by atoms with van der Waals surface area (Å²) < 4.78 is 22.2. The Hall–Kier alpha value is -0.170. The second-order valence-electron chi connectivity index (χ2n) is 3.86. The molecule has 1 atom stereocenters. The normalized spacial score (nSPS) is 14.5. The maximum absolute atomic E-state index is 11.1. The lowest BCUT2D eigenvalue weighted by molar-refractivity contribution is 0.135. The molecule has 0 heterocycles. The molecule has 6 heteroatoms. The summed E-state index contributed by atoms with van der Waals surface area (Å²) in [6, 6.07) is 0. The van der Waals surface area contributed by atoms with Crippen molar-refractivity contribution >= 4 is 9.84 Å². The number of aliphatic hydroxyl groups is 1. The van der Waals surface area contributed by atoms with Crippen LogP contribution in [0.25, 0.3) is 0 Å². The van der Waals surface area contributed by atoms with Crippen LogP contribution in [0.3, 0.4) is 0 Å². The Balaban J connectivity index is 3.55. The Morgan fingerprint density at radius 1 is 1.40 bits per heavy atom. The van der Waals surface area contributed by atoms with Gasteiger partial charge in [0.2, 0.25) is 0 Å². The second-order valence-corrected chi connectivity index (χ2v) is 6.33. The number of aliphatic hydroxyl groups excluding tert-OH is 1. The molecular formula is C9H22N2O3S. The van der Waals surface area contributed by atoms with Gasteiger partial charge in [0.1, 0.15) is 0 Å². The van der Waals surface area contributed by atoms with Crippen LogP contribution >= 0.6 is 0 Å². The van der Waals surface area contributed by atoms with E-state index in [0.29, 0.717) is 19.6 Å². The van der Waals surface area contributed by atoms with E-state index >= 15 is 0 Å². The van der Waals surface area contributed by atoms with Crippen molar-refractivity contribution in [2.24, 2.45) is 0 Å². The fourth-order valence-electron chi connectivity index (χ4n) is 1.13. The predicted octanol–water partition coefficient (Wildman–Crippen LogP) is -1.07. The molecule has 0 saturated heterocycles. The monoisotopic (exact) mass is 238 g/mol. The third-order valence-corrected chi connectivity index (χ3v) is 3.69. The smallest absolute Gasteiger partial charge is 0.151 e. The number of sulfone groups is 1. The van der Waals surface area contributed by atoms with E-state index in [4.69, 9.17) is 0 Å². The lowest BCUT2D eigenvalue weighted by atomic mass is 10.3.